The summed E-state index contributed by atoms with van der Waals surface area (Å²) in [5, 5.41) is 6.08. The van der Waals surface area contributed by atoms with Crippen molar-refractivity contribution >= 4 is 50.3 Å². The van der Waals surface area contributed by atoms with Crippen LogP contribution in [0.4, 0.5) is 19.0 Å². The largest absolute Gasteiger partial charge is 0.416 e. The van der Waals surface area contributed by atoms with E-state index in [9.17, 15) is 13.2 Å². The number of alkyl halides is 3. The molecular formula is C23H16F3IN6. The summed E-state index contributed by atoms with van der Waals surface area (Å²) in [5.74, 6) is 0.320. The number of anilines is 1. The third kappa shape index (κ3) is 3.88. The van der Waals surface area contributed by atoms with Crippen LogP contribution >= 0.6 is 22.6 Å². The third-order valence-electron chi connectivity index (χ3n) is 5.43. The van der Waals surface area contributed by atoms with Gasteiger partial charge in [0.1, 0.15) is 15.8 Å². The molecule has 2 aromatic carbocycles. The molecule has 0 aliphatic carbocycles. The number of halogens is 4. The molecule has 166 valence electrons. The Kier molecular flexibility index (Phi) is 5.19. The first-order chi connectivity index (χ1) is 15.7. The zero-order valence-corrected chi connectivity index (χ0v) is 19.4. The molecule has 0 amide bonds. The molecule has 0 spiro atoms. The van der Waals surface area contributed by atoms with Crippen LogP contribution in [-0.4, -0.2) is 24.7 Å². The lowest BCUT2D eigenvalue weighted by atomic mass is 10.00. The predicted octanol–water partition coefficient (Wildman–Crippen LogP) is 5.60. The highest BCUT2D eigenvalue weighted by Gasteiger charge is 2.30. The molecule has 0 fully saturated rings. The molecular weight excluding hydrogens is 544 g/mol. The van der Waals surface area contributed by atoms with Crippen molar-refractivity contribution in [2.45, 2.75) is 19.6 Å². The lowest BCUT2D eigenvalue weighted by molar-refractivity contribution is -0.137. The summed E-state index contributed by atoms with van der Waals surface area (Å²) in [4.78, 5) is 13.1. The van der Waals surface area contributed by atoms with Crippen molar-refractivity contribution in [1.29, 1.82) is 0 Å². The summed E-state index contributed by atoms with van der Waals surface area (Å²) in [6, 6.07) is 12.9. The maximum Gasteiger partial charge on any atom is 0.416 e. The molecule has 0 aliphatic heterocycles. The number of nitrogens with two attached hydrogens (primary N) is 1. The number of aryl methyl sites for hydroxylation is 1. The number of nitrogen functional groups attached to an aromatic ring is 1. The number of nitrogens with zero attached hydrogens (tertiary/aromatic N) is 5. The van der Waals surface area contributed by atoms with E-state index in [1.165, 1.54) is 12.4 Å². The lowest BCUT2D eigenvalue weighted by Gasteiger charge is -2.14. The maximum absolute atomic E-state index is 13.4. The minimum absolute atomic E-state index is 0.248. The highest BCUT2D eigenvalue weighted by Crippen LogP contribution is 2.34. The Morgan fingerprint density at radius 2 is 1.85 bits per heavy atom. The second-order valence-corrected chi connectivity index (χ2v) is 8.65. The van der Waals surface area contributed by atoms with E-state index < -0.39 is 11.7 Å². The van der Waals surface area contributed by atoms with Gasteiger partial charge < -0.3 is 5.73 Å². The van der Waals surface area contributed by atoms with E-state index in [2.05, 4.69) is 37.7 Å². The molecule has 5 aromatic rings. The molecule has 10 heteroatoms. The molecule has 3 aromatic heterocycles. The summed E-state index contributed by atoms with van der Waals surface area (Å²) >= 11 is 2.07. The Morgan fingerprint density at radius 3 is 2.64 bits per heavy atom. The van der Waals surface area contributed by atoms with Gasteiger partial charge in [0, 0.05) is 16.5 Å². The second kappa shape index (κ2) is 7.94. The van der Waals surface area contributed by atoms with Crippen molar-refractivity contribution in [2.24, 2.45) is 0 Å². The molecule has 33 heavy (non-hydrogen) atoms. The van der Waals surface area contributed by atoms with Crippen LogP contribution < -0.4 is 5.73 Å². The number of hydrogen-bond donors (Lipinski definition) is 1. The van der Waals surface area contributed by atoms with Gasteiger partial charge >= 0.3 is 6.18 Å². The number of para-hydroxylation sites is 1. The minimum Gasteiger partial charge on any atom is -0.383 e. The van der Waals surface area contributed by atoms with Crippen molar-refractivity contribution in [3.05, 3.63) is 75.2 Å². The Labute approximate surface area is 199 Å². The molecule has 6 nitrogen and oxygen atoms in total. The average molecular weight is 560 g/mol. The van der Waals surface area contributed by atoms with Gasteiger partial charge in [-0.3, -0.25) is 0 Å². The molecule has 3 heterocycles. The first-order valence-electron chi connectivity index (χ1n) is 9.92. The Morgan fingerprint density at radius 1 is 1.06 bits per heavy atom. The van der Waals surface area contributed by atoms with Gasteiger partial charge in [-0.25, -0.2) is 19.6 Å². The maximum atomic E-state index is 13.4. The molecule has 2 N–H and O–H groups in total. The van der Waals surface area contributed by atoms with Crippen molar-refractivity contribution in [3.63, 3.8) is 0 Å². The Bertz CT molecular complexity index is 1530. The number of benzene rings is 2. The SMILES string of the molecule is Cc1cccc2cc(Cn3nc(I)c4c(N)ncnc43)c(-c3cccc(C(F)(F)F)c3)nc12. The average Bonchev–Trinajstić information content (AvgIpc) is 3.09. The van der Waals surface area contributed by atoms with Crippen LogP contribution in [0, 0.1) is 10.6 Å². The number of aromatic nitrogens is 5. The summed E-state index contributed by atoms with van der Waals surface area (Å²) in [6.07, 6.45) is -3.09. The molecule has 0 radical (unpaired) electrons. The highest BCUT2D eigenvalue weighted by molar-refractivity contribution is 14.1. The molecule has 0 atom stereocenters. The van der Waals surface area contributed by atoms with Crippen LogP contribution in [0.5, 0.6) is 0 Å². The van der Waals surface area contributed by atoms with Gasteiger partial charge in [0.25, 0.3) is 0 Å². The molecule has 0 aliphatic rings. The van der Waals surface area contributed by atoms with Crippen molar-refractivity contribution in [1.82, 2.24) is 24.7 Å². The van der Waals surface area contributed by atoms with Gasteiger partial charge in [0.05, 0.1) is 28.7 Å². The van der Waals surface area contributed by atoms with E-state index in [0.29, 0.717) is 37.4 Å². The van der Waals surface area contributed by atoms with Gasteiger partial charge in [0.15, 0.2) is 5.65 Å². The van der Waals surface area contributed by atoms with Crippen LogP contribution in [-0.2, 0) is 12.7 Å². The third-order valence-corrected chi connectivity index (χ3v) is 6.18. The number of hydrogen-bond acceptors (Lipinski definition) is 5. The first-order valence-corrected chi connectivity index (χ1v) is 11.0. The Balaban J connectivity index is 1.73. The summed E-state index contributed by atoms with van der Waals surface area (Å²) in [6.45, 7) is 2.17. The quantitative estimate of drug-likeness (QED) is 0.291. The summed E-state index contributed by atoms with van der Waals surface area (Å²) in [5.41, 5.74) is 9.06. The van der Waals surface area contributed by atoms with Gasteiger partial charge in [-0.15, -0.1) is 0 Å². The summed E-state index contributed by atoms with van der Waals surface area (Å²) in [7, 11) is 0. The molecule has 0 bridgehead atoms. The van der Waals surface area contributed by atoms with Crippen LogP contribution in [0.15, 0.2) is 54.9 Å². The van der Waals surface area contributed by atoms with Gasteiger partial charge in [-0.1, -0.05) is 30.3 Å². The van der Waals surface area contributed by atoms with Crippen LogP contribution in [0.3, 0.4) is 0 Å². The first kappa shape index (κ1) is 21.6. The van der Waals surface area contributed by atoms with Crippen molar-refractivity contribution in [2.75, 3.05) is 5.73 Å². The number of pyridine rings is 1. The van der Waals surface area contributed by atoms with Crippen LogP contribution in [0.25, 0.3) is 33.2 Å². The molecule has 0 saturated carbocycles. The fourth-order valence-corrected chi connectivity index (χ4v) is 4.64. The molecule has 0 saturated heterocycles. The van der Waals surface area contributed by atoms with Crippen LogP contribution in [0.1, 0.15) is 16.7 Å². The summed E-state index contributed by atoms with van der Waals surface area (Å²) < 4.78 is 42.5. The normalized spacial score (nSPS) is 12.0. The zero-order valence-electron chi connectivity index (χ0n) is 17.2. The smallest absolute Gasteiger partial charge is 0.383 e. The molecule has 5 rings (SSSR count). The van der Waals surface area contributed by atoms with Gasteiger partial charge in [-0.05, 0) is 53.3 Å². The minimum atomic E-state index is -4.45. The van der Waals surface area contributed by atoms with Gasteiger partial charge in [-0.2, -0.15) is 18.3 Å². The van der Waals surface area contributed by atoms with E-state index in [1.807, 2.05) is 31.2 Å². The number of rotatable bonds is 3. The fourth-order valence-electron chi connectivity index (χ4n) is 3.86. The van der Waals surface area contributed by atoms with Crippen molar-refractivity contribution in [3.8, 4) is 11.3 Å². The van der Waals surface area contributed by atoms with E-state index in [0.717, 1.165) is 28.6 Å². The lowest BCUT2D eigenvalue weighted by Crippen LogP contribution is -2.08. The van der Waals surface area contributed by atoms with Crippen LogP contribution in [0.2, 0.25) is 0 Å². The highest BCUT2D eigenvalue weighted by atomic mass is 127. The van der Waals surface area contributed by atoms with E-state index in [4.69, 9.17) is 10.7 Å². The Hall–Kier alpha value is -3.28. The molecule has 0 unspecified atom stereocenters. The monoisotopic (exact) mass is 560 g/mol. The topological polar surface area (TPSA) is 82.5 Å². The fraction of sp³-hybridized carbons (Fsp3) is 0.130. The van der Waals surface area contributed by atoms with E-state index in [1.54, 1.807) is 10.7 Å². The van der Waals surface area contributed by atoms with Crippen molar-refractivity contribution < 1.29 is 13.2 Å². The van der Waals surface area contributed by atoms with Gasteiger partial charge in [0.2, 0.25) is 0 Å². The predicted molar refractivity (Wildman–Crippen MR) is 128 cm³/mol. The standard InChI is InChI=1S/C23H16F3IN6/c1-12-4-2-5-13-8-15(10-33-22-17(20(27)32-33)21(28)29-11-30-22)19(31-18(12)13)14-6-3-7-16(9-14)23(24,25)26/h2-9,11H,10H2,1H3,(H2,28,29,30). The van der Waals surface area contributed by atoms with E-state index in [-0.39, 0.29) is 6.54 Å². The van der Waals surface area contributed by atoms with E-state index >= 15 is 0 Å². The zero-order chi connectivity index (χ0) is 23.3. The number of fused-ring (bicyclic) bond motifs is 2. The second-order valence-electron chi connectivity index (χ2n) is 7.63.